The van der Waals surface area contributed by atoms with Crippen LogP contribution in [0, 0.1) is 6.92 Å². The summed E-state index contributed by atoms with van der Waals surface area (Å²) in [5, 5.41) is 4.78. The van der Waals surface area contributed by atoms with Gasteiger partial charge in [0.2, 0.25) is 5.91 Å². The van der Waals surface area contributed by atoms with Gasteiger partial charge >= 0.3 is 6.03 Å². The maximum atomic E-state index is 12.6. The summed E-state index contributed by atoms with van der Waals surface area (Å²) in [6.45, 7) is 5.79. The van der Waals surface area contributed by atoms with E-state index in [1.807, 2.05) is 18.7 Å². The SMILES string of the molecule is CCCN1C(=O)NC(CCC(=O)N2CCC(c3nc(C)n4ccsc34)CC2)C1=O. The van der Waals surface area contributed by atoms with Crippen LogP contribution >= 0.6 is 11.3 Å². The van der Waals surface area contributed by atoms with Gasteiger partial charge < -0.3 is 10.2 Å². The van der Waals surface area contributed by atoms with Gasteiger partial charge in [0.15, 0.2) is 0 Å². The summed E-state index contributed by atoms with van der Waals surface area (Å²) < 4.78 is 2.13. The maximum Gasteiger partial charge on any atom is 0.324 e. The van der Waals surface area contributed by atoms with Gasteiger partial charge in [0.05, 0.1) is 5.69 Å². The molecule has 2 aromatic rings. The number of urea groups is 1. The number of imide groups is 1. The molecule has 9 heteroatoms. The van der Waals surface area contributed by atoms with E-state index in [-0.39, 0.29) is 24.3 Å². The number of hydrogen-bond acceptors (Lipinski definition) is 5. The number of rotatable bonds is 6. The lowest BCUT2D eigenvalue weighted by Gasteiger charge is -2.31. The van der Waals surface area contributed by atoms with Crippen molar-refractivity contribution in [3.05, 3.63) is 23.1 Å². The number of carbonyl (C=O) groups is 3. The van der Waals surface area contributed by atoms with Crippen LogP contribution in [0.3, 0.4) is 0 Å². The zero-order valence-corrected chi connectivity index (χ0v) is 17.7. The third-order valence-corrected chi connectivity index (χ3v) is 6.78. The Bertz CT molecular complexity index is 928. The number of imidazole rings is 1. The lowest BCUT2D eigenvalue weighted by Crippen LogP contribution is -2.39. The monoisotopic (exact) mass is 417 g/mol. The van der Waals surface area contributed by atoms with E-state index in [1.54, 1.807) is 11.3 Å². The van der Waals surface area contributed by atoms with Crippen LogP contribution < -0.4 is 5.32 Å². The van der Waals surface area contributed by atoms with E-state index >= 15 is 0 Å². The number of amides is 4. The highest BCUT2D eigenvalue weighted by Gasteiger charge is 2.37. The Morgan fingerprint density at radius 1 is 1.31 bits per heavy atom. The number of nitrogens with one attached hydrogen (secondary N) is 1. The van der Waals surface area contributed by atoms with Gasteiger partial charge in [-0.15, -0.1) is 11.3 Å². The van der Waals surface area contributed by atoms with Crippen molar-refractivity contribution in [3.8, 4) is 0 Å². The first-order valence-electron chi connectivity index (χ1n) is 10.3. The molecule has 2 saturated heterocycles. The molecule has 2 aliphatic heterocycles. The number of hydrogen-bond donors (Lipinski definition) is 1. The van der Waals surface area contributed by atoms with Crippen LogP contribution in [0.25, 0.3) is 4.83 Å². The van der Waals surface area contributed by atoms with E-state index < -0.39 is 6.04 Å². The van der Waals surface area contributed by atoms with E-state index in [1.165, 1.54) is 9.73 Å². The molecule has 4 amide bonds. The van der Waals surface area contributed by atoms with Crippen molar-refractivity contribution >= 4 is 34.0 Å². The van der Waals surface area contributed by atoms with Gasteiger partial charge in [0, 0.05) is 43.5 Å². The van der Waals surface area contributed by atoms with Gasteiger partial charge in [-0.1, -0.05) is 6.92 Å². The average Bonchev–Trinajstić information content (AvgIpc) is 3.39. The highest BCUT2D eigenvalue weighted by Crippen LogP contribution is 2.33. The average molecular weight is 418 g/mol. The molecule has 0 saturated carbocycles. The normalized spacial score (nSPS) is 20.7. The Kier molecular flexibility index (Phi) is 5.58. The van der Waals surface area contributed by atoms with Crippen molar-refractivity contribution in [1.29, 1.82) is 0 Å². The number of fused-ring (bicyclic) bond motifs is 1. The molecule has 2 fully saturated rings. The molecule has 0 spiro atoms. The summed E-state index contributed by atoms with van der Waals surface area (Å²) in [6, 6.07) is -0.915. The Balaban J connectivity index is 1.29. The van der Waals surface area contributed by atoms with E-state index in [2.05, 4.69) is 21.3 Å². The second-order valence-corrected chi connectivity index (χ2v) is 8.70. The van der Waals surface area contributed by atoms with E-state index in [9.17, 15) is 14.4 Å². The maximum absolute atomic E-state index is 12.6. The summed E-state index contributed by atoms with van der Waals surface area (Å²) in [7, 11) is 0. The topological polar surface area (TPSA) is 87.0 Å². The molecular weight excluding hydrogens is 390 g/mol. The lowest BCUT2D eigenvalue weighted by molar-refractivity contribution is -0.132. The molecule has 2 aromatic heterocycles. The van der Waals surface area contributed by atoms with Crippen LogP contribution in [0.4, 0.5) is 4.79 Å². The molecule has 4 rings (SSSR count). The van der Waals surface area contributed by atoms with Crippen LogP contribution in [0.15, 0.2) is 11.6 Å². The third kappa shape index (κ3) is 3.75. The number of thiazole rings is 1. The Labute approximate surface area is 173 Å². The minimum Gasteiger partial charge on any atom is -0.343 e. The summed E-state index contributed by atoms with van der Waals surface area (Å²) >= 11 is 1.71. The molecule has 1 N–H and O–H groups in total. The lowest BCUT2D eigenvalue weighted by atomic mass is 9.93. The number of aromatic nitrogens is 2. The largest absolute Gasteiger partial charge is 0.343 e. The molecule has 0 aromatic carbocycles. The van der Waals surface area contributed by atoms with Gasteiger partial charge in [-0.25, -0.2) is 9.78 Å². The predicted octanol–water partition coefficient (Wildman–Crippen LogP) is 2.52. The van der Waals surface area contributed by atoms with E-state index in [0.29, 0.717) is 32.0 Å². The molecule has 0 aliphatic carbocycles. The van der Waals surface area contributed by atoms with Crippen molar-refractivity contribution in [3.63, 3.8) is 0 Å². The van der Waals surface area contributed by atoms with Gasteiger partial charge in [-0.05, 0) is 32.6 Å². The van der Waals surface area contributed by atoms with E-state index in [0.717, 1.165) is 30.8 Å². The minimum absolute atomic E-state index is 0.0572. The summed E-state index contributed by atoms with van der Waals surface area (Å²) in [6.07, 6.45) is 5.22. The van der Waals surface area contributed by atoms with Crippen LogP contribution in [-0.4, -0.2) is 62.7 Å². The fourth-order valence-corrected chi connectivity index (χ4v) is 5.25. The molecule has 29 heavy (non-hydrogen) atoms. The summed E-state index contributed by atoms with van der Waals surface area (Å²) in [4.78, 5) is 45.9. The Morgan fingerprint density at radius 3 is 2.79 bits per heavy atom. The van der Waals surface area contributed by atoms with Crippen molar-refractivity contribution in [2.45, 2.75) is 57.9 Å². The van der Waals surface area contributed by atoms with Crippen molar-refractivity contribution in [1.82, 2.24) is 24.5 Å². The Morgan fingerprint density at radius 2 is 2.07 bits per heavy atom. The number of nitrogens with zero attached hydrogens (tertiary/aromatic N) is 4. The molecule has 4 heterocycles. The van der Waals surface area contributed by atoms with Gasteiger partial charge in [0.25, 0.3) is 5.91 Å². The standard InChI is InChI=1S/C20H27N5O3S/c1-3-8-25-18(27)15(22-20(25)28)4-5-16(26)23-9-6-14(7-10-23)17-19-24(11-12-29-19)13(2)21-17/h11-12,14-15H,3-10H2,1-2H3,(H,22,28). The first-order valence-corrected chi connectivity index (χ1v) is 11.2. The van der Waals surface area contributed by atoms with Crippen molar-refractivity contribution in [2.24, 2.45) is 0 Å². The summed E-state index contributed by atoms with van der Waals surface area (Å²) in [5.74, 6) is 1.23. The molecule has 156 valence electrons. The minimum atomic E-state index is -0.573. The third-order valence-electron chi connectivity index (χ3n) is 5.89. The smallest absolute Gasteiger partial charge is 0.324 e. The highest BCUT2D eigenvalue weighted by atomic mass is 32.1. The number of carbonyl (C=O) groups excluding carboxylic acids is 3. The fourth-order valence-electron chi connectivity index (χ4n) is 4.30. The highest BCUT2D eigenvalue weighted by molar-refractivity contribution is 7.15. The van der Waals surface area contributed by atoms with Crippen molar-refractivity contribution in [2.75, 3.05) is 19.6 Å². The molecule has 0 radical (unpaired) electrons. The Hall–Kier alpha value is -2.42. The van der Waals surface area contributed by atoms with Crippen LogP contribution in [0.5, 0.6) is 0 Å². The molecule has 0 bridgehead atoms. The van der Waals surface area contributed by atoms with Crippen LogP contribution in [-0.2, 0) is 9.59 Å². The van der Waals surface area contributed by atoms with E-state index in [4.69, 9.17) is 4.98 Å². The zero-order chi connectivity index (χ0) is 20.5. The van der Waals surface area contributed by atoms with Gasteiger partial charge in [-0.2, -0.15) is 0 Å². The molecule has 2 aliphatic rings. The first kappa shape index (κ1) is 19.9. The first-order chi connectivity index (χ1) is 14.0. The van der Waals surface area contributed by atoms with Gasteiger partial charge in [0.1, 0.15) is 16.7 Å². The second-order valence-electron chi connectivity index (χ2n) is 7.81. The number of piperidine rings is 1. The van der Waals surface area contributed by atoms with Crippen LogP contribution in [0.1, 0.15) is 56.5 Å². The molecule has 8 nitrogen and oxygen atoms in total. The number of aryl methyl sites for hydroxylation is 1. The zero-order valence-electron chi connectivity index (χ0n) is 16.9. The fraction of sp³-hybridized carbons (Fsp3) is 0.600. The molecular formula is C20H27N5O3S. The quantitative estimate of drug-likeness (QED) is 0.732. The summed E-state index contributed by atoms with van der Waals surface area (Å²) in [5.41, 5.74) is 1.15. The molecule has 1 atom stereocenters. The molecule has 1 unspecified atom stereocenters. The number of likely N-dealkylation sites (tertiary alicyclic amines) is 1. The van der Waals surface area contributed by atoms with Gasteiger partial charge in [-0.3, -0.25) is 18.9 Å². The second kappa shape index (κ2) is 8.14. The van der Waals surface area contributed by atoms with Crippen LogP contribution in [0.2, 0.25) is 0 Å². The van der Waals surface area contributed by atoms with Crippen molar-refractivity contribution < 1.29 is 14.4 Å². The predicted molar refractivity (Wildman–Crippen MR) is 110 cm³/mol.